The molecule has 9 rings (SSSR count). The third-order valence-electron chi connectivity index (χ3n) is 15.3. The number of nitrogens with one attached hydrogen (secondary N) is 4. The van der Waals surface area contributed by atoms with Crippen molar-refractivity contribution in [2.45, 2.75) is 154 Å². The zero-order valence-electron chi connectivity index (χ0n) is 49.4. The molecule has 9 heterocycles. The standard InChI is InChI=1S/C31H52N6O9S3Si.C19H26N6O8S2/c1-17(2)27(38)34-30-33-26-23(28(39)35-30)32-16-37(26)29-25(44-31(47)36-11-13-48(40,41)14-12-36)24-22(43-29)15-42-49(18(3)4,19(5)6)46-50(45-24,20(7)8)21(9)10;1-9(2)15(28)22-18-21-14-11(16(29)23-18)20-8-25(14)17-13(12(27)10(7-26)32-17)33-19(34)24-3-5-35(30,31)6-4-24/h16-22,24-25,29H,11-15H2,1-10H3,(H2,33,34,35,38,39);8-10,12-13,17,26-27H,3-7H2,1-2H3,(H2,21,22,23,28,29)/t22-,24+,25?,29-;10-,12+,13?,17-/m11/s1. The zero-order chi connectivity index (χ0) is 62.4. The first-order valence-corrected chi connectivity index (χ1v) is 36.2. The fraction of sp³-hybridized carbons (Fsp3) is 0.720. The molecule has 5 fully saturated rings. The number of imidazole rings is 2. The summed E-state index contributed by atoms with van der Waals surface area (Å²) < 4.78 is 97.5. The number of hydrogen-bond donors (Lipinski definition) is 6. The molecule has 0 saturated carbocycles. The molecule has 29 nitrogen and oxygen atoms in total. The Kier molecular flexibility index (Phi) is 20.3. The number of H-pyrrole nitrogens is 2. The van der Waals surface area contributed by atoms with E-state index in [0.29, 0.717) is 0 Å². The summed E-state index contributed by atoms with van der Waals surface area (Å²) in [5, 5.41) is 25.8. The molecule has 4 aromatic rings. The Morgan fingerprint density at radius 1 is 0.706 bits per heavy atom. The van der Waals surface area contributed by atoms with Crippen LogP contribution in [0.2, 0.25) is 11.1 Å². The molecule has 0 aromatic carbocycles. The summed E-state index contributed by atoms with van der Waals surface area (Å²) >= 11 is 11.1. The Labute approximate surface area is 505 Å². The van der Waals surface area contributed by atoms with Gasteiger partial charge in [-0.15, -0.1) is 0 Å². The Balaban J connectivity index is 0.000000235. The van der Waals surface area contributed by atoms with Crippen molar-refractivity contribution < 1.29 is 68.1 Å². The number of amides is 2. The molecule has 5 aliphatic rings. The Hall–Kier alpha value is -4.79. The fourth-order valence-electron chi connectivity index (χ4n) is 10.4. The van der Waals surface area contributed by atoms with Gasteiger partial charge in [0.25, 0.3) is 21.5 Å². The number of rotatable bonds is 13. The molecule has 5 aliphatic heterocycles. The number of aromatic nitrogens is 8. The molecule has 6 N–H and O–H groups in total. The molecule has 2 unspecified atom stereocenters. The summed E-state index contributed by atoms with van der Waals surface area (Å²) in [4.78, 5) is 75.9. The second-order valence-electron chi connectivity index (χ2n) is 23.2. The molecule has 2 amide bonds. The van der Waals surface area contributed by atoms with Gasteiger partial charge in [0.05, 0.1) is 42.3 Å². The molecule has 4 aromatic heterocycles. The van der Waals surface area contributed by atoms with Crippen molar-refractivity contribution in [3.63, 3.8) is 0 Å². The van der Waals surface area contributed by atoms with Crippen molar-refractivity contribution in [1.29, 1.82) is 0 Å². The first kappa shape index (κ1) is 66.2. The van der Waals surface area contributed by atoms with E-state index in [1.807, 2.05) is 0 Å². The second kappa shape index (κ2) is 26.1. The van der Waals surface area contributed by atoms with Crippen LogP contribution in [0.15, 0.2) is 22.2 Å². The highest BCUT2D eigenvalue weighted by Crippen LogP contribution is 2.64. The molecule has 35 heteroatoms. The number of aliphatic hydroxyl groups is 2. The number of fused-ring (bicyclic) bond motifs is 3. The highest BCUT2D eigenvalue weighted by atomic mass is 32.3. The fourth-order valence-corrected chi connectivity index (χ4v) is 23.0. The second-order valence-corrected chi connectivity index (χ2v) is 36.5. The summed E-state index contributed by atoms with van der Waals surface area (Å²) in [5.41, 5.74) is -0.918. The lowest BCUT2D eigenvalue weighted by atomic mass is 10.1. The quantitative estimate of drug-likeness (QED) is 0.0827. The average Bonchev–Trinajstić information content (AvgIpc) is 1.87. The number of aromatic amines is 2. The molecule has 474 valence electrons. The first-order valence-electron chi connectivity index (χ1n) is 28.1. The number of thiocarbonyl (C=S) groups is 2. The summed E-state index contributed by atoms with van der Waals surface area (Å²) in [5.74, 6) is -1.75. The van der Waals surface area contributed by atoms with Gasteiger partial charge in [-0.1, -0.05) is 55.4 Å². The van der Waals surface area contributed by atoms with Crippen LogP contribution in [0.25, 0.3) is 22.3 Å². The van der Waals surface area contributed by atoms with Crippen LogP contribution in [0.4, 0.5) is 11.9 Å². The Bertz CT molecular complexity index is 3440. The third kappa shape index (κ3) is 13.9. The maximum absolute atomic E-state index is 13.1. The van der Waals surface area contributed by atoms with Crippen LogP contribution in [0.1, 0.15) is 95.5 Å². The minimum atomic E-state index is -3.17. The first-order chi connectivity index (χ1) is 39.8. The number of sulfone groups is 2. The molecule has 8 atom stereocenters. The molecular weight excluding hydrogens is 1230 g/mol. The predicted molar refractivity (Wildman–Crippen MR) is 325 cm³/mol. The smallest absolute Gasteiger partial charge is 0.367 e. The van der Waals surface area contributed by atoms with Crippen LogP contribution in [-0.4, -0.2) is 216 Å². The van der Waals surface area contributed by atoms with Crippen molar-refractivity contribution >= 4 is 120 Å². The van der Waals surface area contributed by atoms with Gasteiger partial charge in [-0.3, -0.25) is 57.0 Å². The van der Waals surface area contributed by atoms with Gasteiger partial charge in [-0.05, 0) is 63.2 Å². The zero-order valence-corrected chi connectivity index (χ0v) is 54.5. The van der Waals surface area contributed by atoms with Crippen LogP contribution in [0.3, 0.4) is 0 Å². The van der Waals surface area contributed by atoms with E-state index in [-0.39, 0.29) is 146 Å². The molecule has 0 bridgehead atoms. The van der Waals surface area contributed by atoms with Gasteiger partial charge in [0.1, 0.15) is 31.0 Å². The van der Waals surface area contributed by atoms with Crippen LogP contribution < -0.4 is 21.8 Å². The number of ether oxygens (including phenoxy) is 4. The Morgan fingerprint density at radius 3 is 1.53 bits per heavy atom. The van der Waals surface area contributed by atoms with E-state index in [9.17, 15) is 46.2 Å². The largest absolute Gasteiger partial charge is 0.460 e. The van der Waals surface area contributed by atoms with Gasteiger partial charge in [0.15, 0.2) is 66.7 Å². The van der Waals surface area contributed by atoms with Gasteiger partial charge < -0.3 is 43.4 Å². The molecular formula is C50H78N12O17S5Si. The molecule has 0 radical (unpaired) electrons. The SMILES string of the molecule is CC(C)C(=O)Nc1nc2c(ncn2[C@@H]2O[C@@H]3COS(C(C)C)(C(C)C)O[Si](C(C)C)(C(C)C)O[C@@H]3C2OC(=S)N2CCS(=O)(=O)CC2)c(=O)[nH]1.CC(C)C(=O)Nc1nc2c(ncn2[C@@H]2O[C@H](CO)[C@H](O)C2OC(=S)N2CCS(=O)(=O)CC2)c(=O)[nH]1. The van der Waals surface area contributed by atoms with E-state index < -0.39 is 106 Å². The van der Waals surface area contributed by atoms with Gasteiger partial charge >= 0.3 is 8.56 Å². The number of nitrogens with zero attached hydrogens (tertiary/aromatic N) is 8. The maximum atomic E-state index is 13.1. The number of carbonyl (C=O) groups excluding carboxylic acids is 2. The normalized spacial score (nSPS) is 26.7. The van der Waals surface area contributed by atoms with Crippen molar-refractivity contribution in [2.75, 3.05) is 73.0 Å². The molecule has 85 heavy (non-hydrogen) atoms. The van der Waals surface area contributed by atoms with E-state index in [2.05, 4.69) is 95.9 Å². The minimum Gasteiger partial charge on any atom is -0.460 e. The highest BCUT2D eigenvalue weighted by molar-refractivity contribution is 8.27. The van der Waals surface area contributed by atoms with Gasteiger partial charge in [-0.25, -0.2) is 26.8 Å². The summed E-state index contributed by atoms with van der Waals surface area (Å²) in [6.45, 7) is 24.0. The Morgan fingerprint density at radius 2 is 1.13 bits per heavy atom. The van der Waals surface area contributed by atoms with E-state index >= 15 is 0 Å². The van der Waals surface area contributed by atoms with Crippen LogP contribution in [0, 0.1) is 11.8 Å². The van der Waals surface area contributed by atoms with E-state index in [1.165, 1.54) is 17.2 Å². The van der Waals surface area contributed by atoms with Crippen molar-refractivity contribution in [3.8, 4) is 0 Å². The lowest BCUT2D eigenvalue weighted by molar-refractivity contribution is -0.119. The molecule has 0 spiro atoms. The highest BCUT2D eigenvalue weighted by Gasteiger charge is 2.60. The molecule has 5 saturated heterocycles. The molecule has 0 aliphatic carbocycles. The minimum absolute atomic E-state index is 0.00889. The van der Waals surface area contributed by atoms with Crippen LogP contribution in [-0.2, 0) is 60.7 Å². The topological polar surface area (TPSA) is 365 Å². The average molecular weight is 1310 g/mol. The number of carbonyl (C=O) groups is 2. The van der Waals surface area contributed by atoms with Crippen molar-refractivity contribution in [2.24, 2.45) is 11.8 Å². The van der Waals surface area contributed by atoms with Crippen molar-refractivity contribution in [1.82, 2.24) is 48.8 Å². The van der Waals surface area contributed by atoms with Crippen LogP contribution >= 0.6 is 35.0 Å². The van der Waals surface area contributed by atoms with Gasteiger partial charge in [0, 0.05) is 48.5 Å². The van der Waals surface area contributed by atoms with E-state index in [4.69, 9.17) is 55.9 Å². The summed E-state index contributed by atoms with van der Waals surface area (Å²) in [7, 11) is -11.6. The number of anilines is 2. The predicted octanol–water partition coefficient (Wildman–Crippen LogP) is 2.52. The third-order valence-corrected chi connectivity index (χ3v) is 28.3. The number of hydrogen-bond acceptors (Lipinski definition) is 23. The monoisotopic (exact) mass is 1310 g/mol. The van der Waals surface area contributed by atoms with Crippen LogP contribution in [0.5, 0.6) is 0 Å². The lowest BCUT2D eigenvalue weighted by Gasteiger charge is -2.58. The lowest BCUT2D eigenvalue weighted by Crippen LogP contribution is -2.58. The number of aliphatic hydroxyl groups excluding tert-OH is 2. The van der Waals surface area contributed by atoms with E-state index in [0.717, 1.165) is 0 Å². The summed E-state index contributed by atoms with van der Waals surface area (Å²) in [6, 6.07) is 0. The van der Waals surface area contributed by atoms with Gasteiger partial charge in [0.2, 0.25) is 23.7 Å². The summed E-state index contributed by atoms with van der Waals surface area (Å²) in [6.07, 6.45) is -5.11. The van der Waals surface area contributed by atoms with Gasteiger partial charge in [-0.2, -0.15) is 20.6 Å². The maximum Gasteiger partial charge on any atom is 0.367 e. The van der Waals surface area contributed by atoms with E-state index in [1.54, 1.807) is 42.1 Å². The van der Waals surface area contributed by atoms with Crippen molar-refractivity contribution in [3.05, 3.63) is 33.4 Å².